The molecule has 0 saturated carbocycles. The fraction of sp³-hybridized carbons (Fsp3) is 0.516. The van der Waals surface area contributed by atoms with E-state index in [4.69, 9.17) is 9.47 Å². The highest BCUT2D eigenvalue weighted by Gasteiger charge is 2.51. The summed E-state index contributed by atoms with van der Waals surface area (Å²) < 4.78 is 37.1. The van der Waals surface area contributed by atoms with Gasteiger partial charge in [-0.05, 0) is 56.6 Å². The number of sulfonamides is 1. The van der Waals surface area contributed by atoms with Gasteiger partial charge in [-0.1, -0.05) is 60.7 Å². The van der Waals surface area contributed by atoms with Crippen LogP contribution in [0.25, 0.3) is 0 Å². The van der Waals surface area contributed by atoms with Gasteiger partial charge in [-0.2, -0.15) is 0 Å². The molecule has 0 spiro atoms. The van der Waals surface area contributed by atoms with Gasteiger partial charge in [0.05, 0.1) is 18.9 Å². The van der Waals surface area contributed by atoms with Gasteiger partial charge in [0.1, 0.15) is 18.7 Å². The van der Waals surface area contributed by atoms with Crippen LogP contribution in [0.15, 0.2) is 60.7 Å². The summed E-state index contributed by atoms with van der Waals surface area (Å²) in [5.74, 6) is -1.40. The van der Waals surface area contributed by atoms with Crippen LogP contribution in [0.1, 0.15) is 44.2 Å². The molecule has 0 aliphatic carbocycles. The Morgan fingerprint density at radius 1 is 1.00 bits per heavy atom. The summed E-state index contributed by atoms with van der Waals surface area (Å²) in [7, 11) is -3.49. The van der Waals surface area contributed by atoms with E-state index in [2.05, 4.69) is 5.32 Å². The second-order valence-electron chi connectivity index (χ2n) is 11.0. The fourth-order valence-corrected chi connectivity index (χ4v) is 6.75. The molecular weight excluding hydrogens is 558 g/mol. The Kier molecular flexibility index (Phi) is 10.7. The number of likely N-dealkylation sites (tertiary alicyclic amines) is 1. The molecule has 2 aromatic carbocycles. The van der Waals surface area contributed by atoms with Crippen LogP contribution in [0.5, 0.6) is 0 Å². The molecule has 10 nitrogen and oxygen atoms in total. The smallest absolute Gasteiger partial charge is 0.329 e. The largest absolute Gasteiger partial charge is 0.465 e. The van der Waals surface area contributed by atoms with Gasteiger partial charge < -0.3 is 14.4 Å². The quantitative estimate of drug-likeness (QED) is 0.370. The van der Waals surface area contributed by atoms with E-state index >= 15 is 0 Å². The number of hydrogen-bond acceptors (Lipinski definition) is 8. The minimum absolute atomic E-state index is 0.0487. The van der Waals surface area contributed by atoms with E-state index in [1.54, 1.807) is 13.8 Å². The Bertz CT molecular complexity index is 1320. The molecule has 5 atom stereocenters. The van der Waals surface area contributed by atoms with Gasteiger partial charge in [-0.3, -0.25) is 14.9 Å². The number of rotatable bonds is 12. The number of aryl methyl sites for hydroxylation is 1. The summed E-state index contributed by atoms with van der Waals surface area (Å²) in [5, 5.41) is 3.15. The molecule has 2 fully saturated rings. The lowest BCUT2D eigenvalue weighted by atomic mass is 9.92. The lowest BCUT2D eigenvalue weighted by Gasteiger charge is -2.39. The van der Waals surface area contributed by atoms with Crippen LogP contribution in [-0.4, -0.2) is 85.6 Å². The average Bonchev–Trinajstić information content (AvgIpc) is 3.37. The van der Waals surface area contributed by atoms with Crippen LogP contribution < -0.4 is 5.32 Å². The third-order valence-corrected chi connectivity index (χ3v) is 9.35. The summed E-state index contributed by atoms with van der Waals surface area (Å²) >= 11 is 0. The minimum Gasteiger partial charge on any atom is -0.465 e. The number of nitrogens with one attached hydrogen (secondary N) is 1. The number of carbonyl (C=O) groups is 3. The van der Waals surface area contributed by atoms with Crippen LogP contribution in [0, 0.1) is 5.92 Å². The van der Waals surface area contributed by atoms with Crippen molar-refractivity contribution in [2.24, 2.45) is 5.92 Å². The van der Waals surface area contributed by atoms with Gasteiger partial charge in [0.25, 0.3) is 0 Å². The molecule has 0 bridgehead atoms. The van der Waals surface area contributed by atoms with E-state index in [1.807, 2.05) is 60.7 Å². The van der Waals surface area contributed by atoms with Crippen LogP contribution in [-0.2, 0) is 46.9 Å². The van der Waals surface area contributed by atoms with E-state index in [0.29, 0.717) is 32.2 Å². The number of ether oxygens (including phenoxy) is 2. The lowest BCUT2D eigenvalue weighted by molar-refractivity contribution is -0.157. The molecule has 2 aliphatic rings. The van der Waals surface area contributed by atoms with Crippen molar-refractivity contribution >= 4 is 27.9 Å². The molecule has 1 amide bonds. The van der Waals surface area contributed by atoms with Crippen molar-refractivity contribution in [3.8, 4) is 0 Å². The summed E-state index contributed by atoms with van der Waals surface area (Å²) in [4.78, 5) is 41.8. The topological polar surface area (TPSA) is 122 Å². The molecule has 11 heteroatoms. The second kappa shape index (κ2) is 14.3. The number of nitrogens with zero attached hydrogens (tertiary/aromatic N) is 2. The molecule has 1 N–H and O–H groups in total. The average molecular weight is 600 g/mol. The third kappa shape index (κ3) is 7.96. The molecule has 2 aromatic rings. The molecule has 4 rings (SSSR count). The van der Waals surface area contributed by atoms with Crippen molar-refractivity contribution in [1.82, 2.24) is 14.5 Å². The van der Waals surface area contributed by atoms with Crippen LogP contribution in [0.4, 0.5) is 0 Å². The highest BCUT2D eigenvalue weighted by atomic mass is 32.2. The first-order chi connectivity index (χ1) is 20.1. The molecule has 0 aromatic heterocycles. The zero-order valence-corrected chi connectivity index (χ0v) is 25.3. The summed E-state index contributed by atoms with van der Waals surface area (Å²) in [6.45, 7) is 4.12. The lowest BCUT2D eigenvalue weighted by Crippen LogP contribution is -2.58. The summed E-state index contributed by atoms with van der Waals surface area (Å²) in [6, 6.07) is 16.1. The Balaban J connectivity index is 1.53. The highest BCUT2D eigenvalue weighted by Crippen LogP contribution is 2.37. The molecule has 2 saturated heterocycles. The van der Waals surface area contributed by atoms with Crippen molar-refractivity contribution in [3.63, 3.8) is 0 Å². The second-order valence-corrected chi connectivity index (χ2v) is 13.0. The number of benzene rings is 2. The van der Waals surface area contributed by atoms with Crippen LogP contribution >= 0.6 is 0 Å². The summed E-state index contributed by atoms with van der Waals surface area (Å²) in [6.07, 6.45) is 3.10. The molecule has 0 unspecified atom stereocenters. The SMILES string of the molecule is CCOC(=O)[C@H](CCc1ccccc1)N[C@H](C)C(=O)N1[C@@H]2CN(S(C)(=O)=O)CC[C@H]2C[C@H]1C(=O)OCc1ccccc1. The van der Waals surface area contributed by atoms with Crippen LogP contribution in [0.2, 0.25) is 0 Å². The molecular formula is C31H41N3O7S. The van der Waals surface area contributed by atoms with Gasteiger partial charge in [0.2, 0.25) is 15.9 Å². The van der Waals surface area contributed by atoms with Crippen molar-refractivity contribution in [1.29, 1.82) is 0 Å². The van der Waals surface area contributed by atoms with E-state index in [1.165, 1.54) is 9.21 Å². The van der Waals surface area contributed by atoms with Gasteiger partial charge in [0.15, 0.2) is 0 Å². The number of piperidine rings is 1. The Labute approximate surface area is 248 Å². The Morgan fingerprint density at radius 3 is 2.26 bits per heavy atom. The van der Waals surface area contributed by atoms with Crippen molar-refractivity contribution < 1.29 is 32.3 Å². The van der Waals surface area contributed by atoms with Crippen molar-refractivity contribution in [2.45, 2.75) is 70.3 Å². The van der Waals surface area contributed by atoms with Gasteiger partial charge in [0, 0.05) is 19.1 Å². The number of fused-ring (bicyclic) bond motifs is 1. The number of carbonyl (C=O) groups excluding carboxylic acids is 3. The van der Waals surface area contributed by atoms with E-state index in [-0.39, 0.29) is 31.6 Å². The third-order valence-electron chi connectivity index (χ3n) is 8.08. The highest BCUT2D eigenvalue weighted by molar-refractivity contribution is 7.88. The van der Waals surface area contributed by atoms with Gasteiger partial charge in [-0.25, -0.2) is 17.5 Å². The molecule has 42 heavy (non-hydrogen) atoms. The normalized spacial score (nSPS) is 22.2. The van der Waals surface area contributed by atoms with Gasteiger partial charge in [-0.15, -0.1) is 0 Å². The van der Waals surface area contributed by atoms with E-state index < -0.39 is 46.1 Å². The molecule has 2 heterocycles. The number of amides is 1. The van der Waals surface area contributed by atoms with E-state index in [0.717, 1.165) is 17.4 Å². The number of hydrogen-bond donors (Lipinski definition) is 1. The zero-order chi connectivity index (χ0) is 30.3. The first kappa shape index (κ1) is 31.7. The maximum Gasteiger partial charge on any atom is 0.329 e. The van der Waals surface area contributed by atoms with Gasteiger partial charge >= 0.3 is 11.9 Å². The van der Waals surface area contributed by atoms with Crippen LogP contribution in [0.3, 0.4) is 0 Å². The van der Waals surface area contributed by atoms with Crippen molar-refractivity contribution in [3.05, 3.63) is 71.8 Å². The fourth-order valence-electron chi connectivity index (χ4n) is 5.89. The molecule has 2 aliphatic heterocycles. The predicted octanol–water partition coefficient (Wildman–Crippen LogP) is 2.52. The number of esters is 2. The molecule has 228 valence electrons. The minimum atomic E-state index is -3.49. The predicted molar refractivity (Wildman–Crippen MR) is 158 cm³/mol. The maximum absolute atomic E-state index is 14.1. The first-order valence-electron chi connectivity index (χ1n) is 14.5. The van der Waals surface area contributed by atoms with Crippen molar-refractivity contribution in [2.75, 3.05) is 26.0 Å². The monoisotopic (exact) mass is 599 g/mol. The standard InChI is InChI=1S/C31H41N3O7S/c1-4-40-30(36)26(16-15-23-11-7-5-8-12-23)32-22(2)29(35)34-27(31(37)41-21-24-13-9-6-10-14-24)19-25-17-18-33(20-28(25)34)42(3,38)39/h5-14,22,25-28,32H,4,15-21H2,1-3H3/t22-,25+,26+,27+,28-/m1/s1. The Hall–Kier alpha value is -3.28. The van der Waals surface area contributed by atoms with E-state index in [9.17, 15) is 22.8 Å². The zero-order valence-electron chi connectivity index (χ0n) is 24.5. The maximum atomic E-state index is 14.1. The Morgan fingerprint density at radius 2 is 1.64 bits per heavy atom. The summed E-state index contributed by atoms with van der Waals surface area (Å²) in [5.41, 5.74) is 1.88. The first-order valence-corrected chi connectivity index (χ1v) is 16.4. The molecule has 0 radical (unpaired) electrons.